The van der Waals surface area contributed by atoms with Crippen LogP contribution in [-0.2, 0) is 11.3 Å². The van der Waals surface area contributed by atoms with Crippen LogP contribution in [0.25, 0.3) is 28.0 Å². The molecule has 5 heteroatoms. The van der Waals surface area contributed by atoms with Crippen molar-refractivity contribution in [3.63, 3.8) is 0 Å². The van der Waals surface area contributed by atoms with Gasteiger partial charge in [0.2, 0.25) is 0 Å². The average Bonchev–Trinajstić information content (AvgIpc) is 3.12. The second kappa shape index (κ2) is 6.93. The van der Waals surface area contributed by atoms with E-state index in [1.807, 2.05) is 36.4 Å². The maximum absolute atomic E-state index is 12.6. The van der Waals surface area contributed by atoms with Gasteiger partial charge in [0.25, 0.3) is 0 Å². The smallest absolute Gasteiger partial charge is 0.339 e. The van der Waals surface area contributed by atoms with Crippen molar-refractivity contribution in [3.8, 4) is 28.4 Å². The molecular formula is C23H20O5. The number of hydrogen-bond acceptors (Lipinski definition) is 5. The van der Waals surface area contributed by atoms with E-state index in [0.717, 1.165) is 33.0 Å². The van der Waals surface area contributed by atoms with E-state index >= 15 is 0 Å². The minimum atomic E-state index is -0.354. The van der Waals surface area contributed by atoms with Crippen molar-refractivity contribution in [2.45, 2.75) is 6.61 Å². The summed E-state index contributed by atoms with van der Waals surface area (Å²) in [4.78, 5) is 12.6. The van der Waals surface area contributed by atoms with Gasteiger partial charge in [0.15, 0.2) is 11.5 Å². The second-order valence-electron chi connectivity index (χ2n) is 6.42. The summed E-state index contributed by atoms with van der Waals surface area (Å²) in [7, 11) is 4.76. The van der Waals surface area contributed by atoms with Crippen LogP contribution >= 0.6 is 0 Å². The zero-order valence-corrected chi connectivity index (χ0v) is 16.0. The van der Waals surface area contributed by atoms with Crippen molar-refractivity contribution >= 4 is 22.8 Å². The fraction of sp³-hybridized carbons (Fsp3) is 0.174. The highest BCUT2D eigenvalue weighted by molar-refractivity contribution is 6.13. The summed E-state index contributed by atoms with van der Waals surface area (Å²) in [5, 5.41) is 1.67. The lowest BCUT2D eigenvalue weighted by molar-refractivity contribution is 0.0535. The van der Waals surface area contributed by atoms with Crippen molar-refractivity contribution in [1.82, 2.24) is 0 Å². The molecule has 0 radical (unpaired) electrons. The van der Waals surface area contributed by atoms with Gasteiger partial charge in [-0.05, 0) is 28.6 Å². The van der Waals surface area contributed by atoms with E-state index in [-0.39, 0.29) is 12.6 Å². The standard InChI is InChI=1S/C23H20O5/c1-5-13-6-8-14(9-7-13)20-15-10-18(25-2)19(26-3)11-16(15)22(27-4)17-12-28-23(24)21(17)20/h5-11H,1,12H2,2-4H3. The normalized spacial score (nSPS) is 12.5. The summed E-state index contributed by atoms with van der Waals surface area (Å²) in [6.07, 6.45) is 1.78. The lowest BCUT2D eigenvalue weighted by atomic mass is 9.89. The Kier molecular flexibility index (Phi) is 4.43. The third-order valence-corrected chi connectivity index (χ3v) is 5.05. The van der Waals surface area contributed by atoms with Gasteiger partial charge in [0.1, 0.15) is 12.4 Å². The number of ether oxygens (including phenoxy) is 4. The van der Waals surface area contributed by atoms with Crippen molar-refractivity contribution < 1.29 is 23.7 Å². The molecule has 0 atom stereocenters. The molecule has 28 heavy (non-hydrogen) atoms. The summed E-state index contributed by atoms with van der Waals surface area (Å²) in [6, 6.07) is 11.6. The van der Waals surface area contributed by atoms with Gasteiger partial charge in [-0.25, -0.2) is 4.79 Å². The van der Waals surface area contributed by atoms with Gasteiger partial charge in [0.05, 0.1) is 26.9 Å². The van der Waals surface area contributed by atoms with Gasteiger partial charge in [-0.15, -0.1) is 0 Å². The van der Waals surface area contributed by atoms with Gasteiger partial charge >= 0.3 is 5.97 Å². The fourth-order valence-corrected chi connectivity index (χ4v) is 3.73. The zero-order chi connectivity index (χ0) is 19.8. The summed E-state index contributed by atoms with van der Waals surface area (Å²) >= 11 is 0. The highest BCUT2D eigenvalue weighted by Gasteiger charge is 2.32. The number of benzene rings is 3. The summed E-state index contributed by atoms with van der Waals surface area (Å²) in [5.41, 5.74) is 3.98. The molecule has 0 N–H and O–H groups in total. The predicted octanol–water partition coefficient (Wildman–Crippen LogP) is 4.85. The highest BCUT2D eigenvalue weighted by Crippen LogP contribution is 2.47. The van der Waals surface area contributed by atoms with Crippen LogP contribution in [0.4, 0.5) is 0 Å². The van der Waals surface area contributed by atoms with Crippen molar-refractivity contribution in [2.24, 2.45) is 0 Å². The zero-order valence-electron chi connectivity index (χ0n) is 16.0. The molecule has 0 spiro atoms. The molecule has 4 rings (SSSR count). The largest absolute Gasteiger partial charge is 0.496 e. The monoisotopic (exact) mass is 376 g/mol. The Morgan fingerprint density at radius 3 is 2.14 bits per heavy atom. The maximum atomic E-state index is 12.6. The van der Waals surface area contributed by atoms with Gasteiger partial charge in [-0.1, -0.05) is 36.9 Å². The lowest BCUT2D eigenvalue weighted by Crippen LogP contribution is -2.02. The first-order valence-corrected chi connectivity index (χ1v) is 8.81. The number of carbonyl (C=O) groups excluding carboxylic acids is 1. The van der Waals surface area contributed by atoms with Crippen LogP contribution in [0.2, 0.25) is 0 Å². The molecule has 0 fully saturated rings. The molecule has 1 aliphatic rings. The molecule has 0 unspecified atom stereocenters. The first-order valence-electron chi connectivity index (χ1n) is 8.81. The number of rotatable bonds is 5. The minimum Gasteiger partial charge on any atom is -0.496 e. The molecule has 142 valence electrons. The van der Waals surface area contributed by atoms with Gasteiger partial charge < -0.3 is 18.9 Å². The minimum absolute atomic E-state index is 0.180. The first-order chi connectivity index (χ1) is 13.6. The molecule has 0 bridgehead atoms. The van der Waals surface area contributed by atoms with Crippen molar-refractivity contribution in [3.05, 3.63) is 59.7 Å². The molecule has 0 aromatic heterocycles. The summed E-state index contributed by atoms with van der Waals surface area (Å²) < 4.78 is 22.0. The predicted molar refractivity (Wildman–Crippen MR) is 108 cm³/mol. The Bertz CT molecular complexity index is 1100. The van der Waals surface area contributed by atoms with E-state index in [1.54, 1.807) is 27.4 Å². The molecule has 0 amide bonds. The molecule has 3 aromatic carbocycles. The van der Waals surface area contributed by atoms with Gasteiger partial charge in [-0.3, -0.25) is 0 Å². The van der Waals surface area contributed by atoms with Gasteiger partial charge in [0, 0.05) is 16.5 Å². The third kappa shape index (κ3) is 2.59. The number of hydrogen-bond donors (Lipinski definition) is 0. The van der Waals surface area contributed by atoms with Crippen molar-refractivity contribution in [2.75, 3.05) is 21.3 Å². The second-order valence-corrected chi connectivity index (χ2v) is 6.42. The molecule has 0 aliphatic carbocycles. The molecule has 3 aromatic rings. The SMILES string of the molecule is C=Cc1ccc(-c2c3c(c(OC)c4cc(OC)c(OC)cc24)COC3=O)cc1. The van der Waals surface area contributed by atoms with Crippen LogP contribution in [-0.4, -0.2) is 27.3 Å². The van der Waals surface area contributed by atoms with E-state index in [1.165, 1.54) is 0 Å². The van der Waals surface area contributed by atoms with E-state index in [9.17, 15) is 4.79 Å². The van der Waals surface area contributed by atoms with Crippen LogP contribution in [0.1, 0.15) is 21.5 Å². The van der Waals surface area contributed by atoms with E-state index in [4.69, 9.17) is 18.9 Å². The third-order valence-electron chi connectivity index (χ3n) is 5.05. The Morgan fingerprint density at radius 2 is 1.57 bits per heavy atom. The maximum Gasteiger partial charge on any atom is 0.339 e. The number of esters is 1. The fourth-order valence-electron chi connectivity index (χ4n) is 3.73. The van der Waals surface area contributed by atoms with E-state index in [0.29, 0.717) is 22.8 Å². The highest BCUT2D eigenvalue weighted by atomic mass is 16.5. The summed E-state index contributed by atoms with van der Waals surface area (Å²) in [5.74, 6) is 1.43. The Morgan fingerprint density at radius 1 is 0.929 bits per heavy atom. The lowest BCUT2D eigenvalue weighted by Gasteiger charge is -2.18. The molecule has 5 nitrogen and oxygen atoms in total. The number of fused-ring (bicyclic) bond motifs is 2. The topological polar surface area (TPSA) is 54.0 Å². The Labute approximate surface area is 163 Å². The van der Waals surface area contributed by atoms with Crippen LogP contribution < -0.4 is 14.2 Å². The van der Waals surface area contributed by atoms with E-state index < -0.39 is 0 Å². The molecular weight excluding hydrogens is 356 g/mol. The van der Waals surface area contributed by atoms with Gasteiger partial charge in [-0.2, -0.15) is 0 Å². The summed E-state index contributed by atoms with van der Waals surface area (Å²) in [6.45, 7) is 3.98. The molecule has 1 heterocycles. The molecule has 1 aliphatic heterocycles. The van der Waals surface area contributed by atoms with Crippen LogP contribution in [0, 0.1) is 0 Å². The Hall–Kier alpha value is -3.47. The number of methoxy groups -OCH3 is 3. The number of cyclic esters (lactones) is 1. The first kappa shape index (κ1) is 17.9. The van der Waals surface area contributed by atoms with Crippen molar-refractivity contribution in [1.29, 1.82) is 0 Å². The van der Waals surface area contributed by atoms with Crippen LogP contribution in [0.5, 0.6) is 17.2 Å². The Balaban J connectivity index is 2.16. The molecule has 0 saturated heterocycles. The van der Waals surface area contributed by atoms with Crippen LogP contribution in [0.3, 0.4) is 0 Å². The average molecular weight is 376 g/mol. The van der Waals surface area contributed by atoms with Crippen LogP contribution in [0.15, 0.2) is 43.0 Å². The quantitative estimate of drug-likeness (QED) is 0.596. The number of carbonyl (C=O) groups is 1. The molecule has 0 saturated carbocycles. The van der Waals surface area contributed by atoms with E-state index in [2.05, 4.69) is 6.58 Å².